The maximum atomic E-state index is 13.8. The Bertz CT molecular complexity index is 945. The Labute approximate surface area is 160 Å². The zero-order chi connectivity index (χ0) is 19.6. The van der Waals surface area contributed by atoms with Crippen LogP contribution in [0.2, 0.25) is 5.02 Å². The third kappa shape index (κ3) is 3.73. The normalized spacial score (nSPS) is 15.3. The van der Waals surface area contributed by atoms with Gasteiger partial charge in [-0.3, -0.25) is 9.69 Å². The standard InChI is InChI=1S/C19H16ClFN2O4/c1-26-16-9-11(7-13(20)17(16)27-2)8-15-18(24)23(19(25)22-15)10-12-5-3-4-6-14(12)21/h3-9H,10H2,1-2H3,(H,22,25). The van der Waals surface area contributed by atoms with Gasteiger partial charge in [0.2, 0.25) is 0 Å². The summed E-state index contributed by atoms with van der Waals surface area (Å²) in [6, 6.07) is 8.55. The van der Waals surface area contributed by atoms with Crippen LogP contribution in [0.4, 0.5) is 9.18 Å². The number of carbonyl (C=O) groups excluding carboxylic acids is 2. The van der Waals surface area contributed by atoms with Gasteiger partial charge in [-0.25, -0.2) is 9.18 Å². The Morgan fingerprint density at radius 2 is 1.93 bits per heavy atom. The van der Waals surface area contributed by atoms with Crippen LogP contribution in [-0.2, 0) is 11.3 Å². The number of hydrogen-bond acceptors (Lipinski definition) is 4. The van der Waals surface area contributed by atoms with Crippen molar-refractivity contribution in [3.05, 3.63) is 64.1 Å². The second-order valence-corrected chi connectivity index (χ2v) is 6.12. The number of carbonyl (C=O) groups is 2. The Balaban J connectivity index is 1.88. The van der Waals surface area contributed by atoms with Gasteiger partial charge in [-0.2, -0.15) is 0 Å². The van der Waals surface area contributed by atoms with Gasteiger partial charge in [0.05, 0.1) is 25.8 Å². The second-order valence-electron chi connectivity index (χ2n) is 5.71. The lowest BCUT2D eigenvalue weighted by molar-refractivity contribution is -0.123. The van der Waals surface area contributed by atoms with E-state index in [2.05, 4.69) is 5.32 Å². The van der Waals surface area contributed by atoms with E-state index in [0.717, 1.165) is 4.90 Å². The second kappa shape index (κ2) is 7.67. The van der Waals surface area contributed by atoms with Crippen molar-refractivity contribution in [2.24, 2.45) is 0 Å². The SMILES string of the molecule is COc1cc(C=C2NC(=O)N(Cc3ccccc3F)C2=O)cc(Cl)c1OC. The first-order chi connectivity index (χ1) is 12.9. The summed E-state index contributed by atoms with van der Waals surface area (Å²) in [7, 11) is 2.92. The predicted octanol–water partition coefficient (Wildman–Crippen LogP) is 3.59. The first-order valence-electron chi connectivity index (χ1n) is 7.94. The monoisotopic (exact) mass is 390 g/mol. The molecule has 1 fully saturated rings. The highest BCUT2D eigenvalue weighted by Gasteiger charge is 2.34. The lowest BCUT2D eigenvalue weighted by Crippen LogP contribution is -2.30. The van der Waals surface area contributed by atoms with Crippen molar-refractivity contribution >= 4 is 29.6 Å². The Morgan fingerprint density at radius 3 is 2.59 bits per heavy atom. The number of hydrogen-bond donors (Lipinski definition) is 1. The fraction of sp³-hybridized carbons (Fsp3) is 0.158. The molecule has 2 aromatic rings. The van der Waals surface area contributed by atoms with Crippen LogP contribution in [0.15, 0.2) is 42.1 Å². The van der Waals surface area contributed by atoms with E-state index in [-0.39, 0.29) is 17.8 Å². The van der Waals surface area contributed by atoms with E-state index in [1.165, 1.54) is 38.5 Å². The van der Waals surface area contributed by atoms with Crippen LogP contribution in [0.3, 0.4) is 0 Å². The minimum Gasteiger partial charge on any atom is -0.493 e. The molecule has 1 aliphatic heterocycles. The average Bonchev–Trinajstić information content (AvgIpc) is 2.90. The molecule has 2 aromatic carbocycles. The van der Waals surface area contributed by atoms with Crippen LogP contribution in [0, 0.1) is 5.82 Å². The number of benzene rings is 2. The maximum Gasteiger partial charge on any atom is 0.329 e. The summed E-state index contributed by atoms with van der Waals surface area (Å²) in [6.45, 7) is -0.165. The summed E-state index contributed by atoms with van der Waals surface area (Å²) >= 11 is 6.16. The molecule has 1 N–H and O–H groups in total. The molecule has 3 amide bonds. The number of nitrogens with zero attached hydrogens (tertiary/aromatic N) is 1. The van der Waals surface area contributed by atoms with E-state index in [1.807, 2.05) is 0 Å². The highest BCUT2D eigenvalue weighted by atomic mass is 35.5. The number of rotatable bonds is 5. The van der Waals surface area contributed by atoms with E-state index in [0.29, 0.717) is 22.1 Å². The lowest BCUT2D eigenvalue weighted by atomic mass is 10.1. The van der Waals surface area contributed by atoms with Crippen LogP contribution in [0.1, 0.15) is 11.1 Å². The molecule has 0 aliphatic carbocycles. The minimum atomic E-state index is -0.624. The smallest absolute Gasteiger partial charge is 0.329 e. The molecule has 0 unspecified atom stereocenters. The van der Waals surface area contributed by atoms with Crippen molar-refractivity contribution in [1.82, 2.24) is 10.2 Å². The minimum absolute atomic E-state index is 0.0552. The van der Waals surface area contributed by atoms with Gasteiger partial charge < -0.3 is 14.8 Å². The third-order valence-corrected chi connectivity index (χ3v) is 4.30. The molecule has 1 heterocycles. The highest BCUT2D eigenvalue weighted by Crippen LogP contribution is 2.36. The van der Waals surface area contributed by atoms with Crippen molar-refractivity contribution in [3.63, 3.8) is 0 Å². The summed E-state index contributed by atoms with van der Waals surface area (Å²) in [5.74, 6) is -0.294. The van der Waals surface area contributed by atoms with E-state index in [4.69, 9.17) is 21.1 Å². The Kier molecular flexibility index (Phi) is 5.32. The van der Waals surface area contributed by atoms with Crippen molar-refractivity contribution in [1.29, 1.82) is 0 Å². The van der Waals surface area contributed by atoms with E-state index >= 15 is 0 Å². The van der Waals surface area contributed by atoms with Gasteiger partial charge in [0.25, 0.3) is 5.91 Å². The quantitative estimate of drug-likeness (QED) is 0.625. The largest absolute Gasteiger partial charge is 0.493 e. The summed E-state index contributed by atoms with van der Waals surface area (Å²) in [6.07, 6.45) is 1.47. The molecule has 1 saturated heterocycles. The molecule has 3 rings (SSSR count). The number of amides is 3. The van der Waals surface area contributed by atoms with Crippen LogP contribution in [-0.4, -0.2) is 31.1 Å². The van der Waals surface area contributed by atoms with Crippen molar-refractivity contribution < 1.29 is 23.5 Å². The number of imide groups is 1. The van der Waals surface area contributed by atoms with E-state index < -0.39 is 17.8 Å². The molecule has 0 saturated carbocycles. The summed E-state index contributed by atoms with van der Waals surface area (Å²) in [5, 5.41) is 2.78. The molecule has 140 valence electrons. The molecule has 0 aromatic heterocycles. The van der Waals surface area contributed by atoms with E-state index in [1.54, 1.807) is 18.2 Å². The summed E-state index contributed by atoms with van der Waals surface area (Å²) in [5.41, 5.74) is 0.838. The molecule has 6 nitrogen and oxygen atoms in total. The number of nitrogens with one attached hydrogen (secondary N) is 1. The molecule has 0 bridgehead atoms. The van der Waals surface area contributed by atoms with Gasteiger partial charge >= 0.3 is 6.03 Å². The first-order valence-corrected chi connectivity index (χ1v) is 8.32. The van der Waals surface area contributed by atoms with Gasteiger partial charge in [0, 0.05) is 5.56 Å². The summed E-state index contributed by atoms with van der Waals surface area (Å²) in [4.78, 5) is 25.6. The zero-order valence-corrected chi connectivity index (χ0v) is 15.3. The molecule has 27 heavy (non-hydrogen) atoms. The Morgan fingerprint density at radius 1 is 1.19 bits per heavy atom. The van der Waals surface area contributed by atoms with Crippen molar-refractivity contribution in [2.45, 2.75) is 6.54 Å². The highest BCUT2D eigenvalue weighted by molar-refractivity contribution is 6.32. The third-order valence-electron chi connectivity index (χ3n) is 4.02. The molecule has 1 aliphatic rings. The fourth-order valence-electron chi connectivity index (χ4n) is 2.70. The molecular formula is C19H16ClFN2O4. The zero-order valence-electron chi connectivity index (χ0n) is 14.6. The van der Waals surface area contributed by atoms with Crippen LogP contribution in [0.25, 0.3) is 6.08 Å². The number of halogens is 2. The first kappa shape index (κ1) is 18.7. The van der Waals surface area contributed by atoms with Gasteiger partial charge in [0.1, 0.15) is 11.5 Å². The Hall–Kier alpha value is -3.06. The fourth-order valence-corrected chi connectivity index (χ4v) is 3.00. The van der Waals surface area contributed by atoms with Crippen LogP contribution >= 0.6 is 11.6 Å². The topological polar surface area (TPSA) is 67.9 Å². The maximum absolute atomic E-state index is 13.8. The number of ether oxygens (including phenoxy) is 2. The summed E-state index contributed by atoms with van der Waals surface area (Å²) < 4.78 is 24.2. The van der Waals surface area contributed by atoms with Crippen molar-refractivity contribution in [2.75, 3.05) is 14.2 Å². The molecule has 0 radical (unpaired) electrons. The lowest BCUT2D eigenvalue weighted by Gasteiger charge is -2.12. The van der Waals surface area contributed by atoms with Crippen LogP contribution in [0.5, 0.6) is 11.5 Å². The van der Waals surface area contributed by atoms with Gasteiger partial charge in [0.15, 0.2) is 11.5 Å². The van der Waals surface area contributed by atoms with Crippen LogP contribution < -0.4 is 14.8 Å². The van der Waals surface area contributed by atoms with Gasteiger partial charge in [-0.15, -0.1) is 0 Å². The van der Waals surface area contributed by atoms with Gasteiger partial charge in [-0.05, 0) is 29.8 Å². The van der Waals surface area contributed by atoms with E-state index in [9.17, 15) is 14.0 Å². The molecule has 8 heteroatoms. The number of methoxy groups -OCH3 is 2. The molecular weight excluding hydrogens is 375 g/mol. The average molecular weight is 391 g/mol. The number of urea groups is 1. The van der Waals surface area contributed by atoms with Gasteiger partial charge in [-0.1, -0.05) is 29.8 Å². The predicted molar refractivity (Wildman–Crippen MR) is 98.0 cm³/mol. The molecule has 0 atom stereocenters. The van der Waals surface area contributed by atoms with Crippen molar-refractivity contribution in [3.8, 4) is 11.5 Å². The molecule has 0 spiro atoms.